The average molecular weight is 380 g/mol. The molecule has 2 aliphatic heterocycles. The van der Waals surface area contributed by atoms with Crippen LogP contribution in [0.4, 0.5) is 0 Å². The maximum atomic E-state index is 12.6. The summed E-state index contributed by atoms with van der Waals surface area (Å²) in [4.78, 5) is 28.9. The van der Waals surface area contributed by atoms with Gasteiger partial charge in [0.2, 0.25) is 0 Å². The zero-order chi connectivity index (χ0) is 18.4. The maximum Gasteiger partial charge on any atom is 0.332 e. The summed E-state index contributed by atoms with van der Waals surface area (Å²) in [5, 5.41) is 6.73. The highest BCUT2D eigenvalue weighted by Gasteiger charge is 2.42. The van der Waals surface area contributed by atoms with E-state index >= 15 is 0 Å². The third-order valence-corrected chi connectivity index (χ3v) is 6.42. The highest BCUT2D eigenvalue weighted by Crippen LogP contribution is 2.37. The number of benzene rings is 1. The first kappa shape index (κ1) is 16.6. The van der Waals surface area contributed by atoms with E-state index in [9.17, 15) is 9.59 Å². The molecule has 27 heavy (non-hydrogen) atoms. The molecule has 2 atom stereocenters. The minimum absolute atomic E-state index is 0.222. The number of hydrogen-bond acceptors (Lipinski definition) is 5. The molecule has 3 aromatic rings. The quantitative estimate of drug-likeness (QED) is 0.647. The van der Waals surface area contributed by atoms with Crippen molar-refractivity contribution in [2.45, 2.75) is 25.6 Å². The minimum Gasteiger partial charge on any atom is -0.297 e. The molecule has 0 aliphatic carbocycles. The first-order valence-corrected chi connectivity index (χ1v) is 10.1. The molecule has 138 valence electrons. The van der Waals surface area contributed by atoms with E-state index in [1.807, 2.05) is 30.3 Å². The fraction of sp³-hybridized carbons (Fsp3) is 0.350. The number of thiophene rings is 1. The monoisotopic (exact) mass is 380 g/mol. The normalized spacial score (nSPS) is 21.3. The van der Waals surface area contributed by atoms with Crippen molar-refractivity contribution in [1.29, 1.82) is 0 Å². The fourth-order valence-corrected chi connectivity index (χ4v) is 5.04. The van der Waals surface area contributed by atoms with Crippen LogP contribution < -0.4 is 11.1 Å². The van der Waals surface area contributed by atoms with Crippen LogP contribution in [0.5, 0.6) is 0 Å². The van der Waals surface area contributed by atoms with Crippen molar-refractivity contribution in [2.24, 2.45) is 5.92 Å². The summed E-state index contributed by atoms with van der Waals surface area (Å²) in [7, 11) is 0. The predicted octanol–water partition coefficient (Wildman–Crippen LogP) is 1.74. The van der Waals surface area contributed by atoms with E-state index in [1.165, 1.54) is 9.56 Å². The number of nitrogens with zero attached hydrogens (tertiary/aromatic N) is 4. The Balaban J connectivity index is 1.44. The summed E-state index contributed by atoms with van der Waals surface area (Å²) in [5.41, 5.74) is 0.00453. The highest BCUT2D eigenvalue weighted by atomic mass is 32.1. The third-order valence-electron chi connectivity index (χ3n) is 5.56. The van der Waals surface area contributed by atoms with Crippen molar-refractivity contribution in [2.75, 3.05) is 13.1 Å². The van der Waals surface area contributed by atoms with Gasteiger partial charge in [0.15, 0.2) is 0 Å². The van der Waals surface area contributed by atoms with E-state index in [2.05, 4.69) is 27.5 Å². The second kappa shape index (κ2) is 6.58. The first-order valence-electron chi connectivity index (χ1n) is 9.19. The second-order valence-corrected chi connectivity index (χ2v) is 8.39. The van der Waals surface area contributed by atoms with Crippen LogP contribution in [0.25, 0.3) is 0 Å². The topological polar surface area (TPSA) is 60.1 Å². The van der Waals surface area contributed by atoms with Gasteiger partial charge >= 0.3 is 11.1 Å². The molecule has 2 aliphatic rings. The van der Waals surface area contributed by atoms with Gasteiger partial charge < -0.3 is 0 Å². The Morgan fingerprint density at radius 1 is 0.963 bits per heavy atom. The molecule has 6 nitrogen and oxygen atoms in total. The Morgan fingerprint density at radius 2 is 1.81 bits per heavy atom. The van der Waals surface area contributed by atoms with E-state index in [0.717, 1.165) is 31.0 Å². The van der Waals surface area contributed by atoms with Crippen LogP contribution in [-0.2, 0) is 19.6 Å². The SMILES string of the molecule is O=c1c(=O)n2c(nn1Cc1ccccc1)[C@@H]1CN(Cc3cccs3)C[C@@H]1C2. The molecular formula is C20H20N4O2S. The molecule has 1 aromatic carbocycles. The molecule has 2 aromatic heterocycles. The number of rotatable bonds is 4. The van der Waals surface area contributed by atoms with E-state index in [0.29, 0.717) is 19.0 Å². The van der Waals surface area contributed by atoms with Crippen molar-refractivity contribution in [3.05, 3.63) is 84.8 Å². The molecule has 5 rings (SSSR count). The second-order valence-electron chi connectivity index (χ2n) is 7.36. The molecular weight excluding hydrogens is 360 g/mol. The van der Waals surface area contributed by atoms with Crippen molar-refractivity contribution in [3.8, 4) is 0 Å². The van der Waals surface area contributed by atoms with E-state index in [4.69, 9.17) is 0 Å². The fourth-order valence-electron chi connectivity index (χ4n) is 4.29. The summed E-state index contributed by atoms with van der Waals surface area (Å²) in [6.45, 7) is 3.71. The lowest BCUT2D eigenvalue weighted by atomic mass is 10.00. The average Bonchev–Trinajstić information content (AvgIpc) is 3.38. The van der Waals surface area contributed by atoms with Crippen LogP contribution >= 0.6 is 11.3 Å². The lowest BCUT2D eigenvalue weighted by molar-refractivity contribution is 0.306. The van der Waals surface area contributed by atoms with Crippen molar-refractivity contribution in [1.82, 2.24) is 19.2 Å². The zero-order valence-corrected chi connectivity index (χ0v) is 15.6. The zero-order valence-electron chi connectivity index (χ0n) is 14.8. The lowest BCUT2D eigenvalue weighted by Crippen LogP contribution is -2.44. The molecule has 0 spiro atoms. The van der Waals surface area contributed by atoms with Gasteiger partial charge in [0.05, 0.1) is 6.54 Å². The predicted molar refractivity (Wildman–Crippen MR) is 104 cm³/mol. The molecule has 0 saturated carbocycles. The smallest absolute Gasteiger partial charge is 0.297 e. The number of hydrogen-bond donors (Lipinski definition) is 0. The highest BCUT2D eigenvalue weighted by molar-refractivity contribution is 7.09. The molecule has 0 unspecified atom stereocenters. The van der Waals surface area contributed by atoms with Gasteiger partial charge in [0.25, 0.3) is 0 Å². The molecule has 0 amide bonds. The Morgan fingerprint density at radius 3 is 2.59 bits per heavy atom. The van der Waals surface area contributed by atoms with E-state index < -0.39 is 11.1 Å². The van der Waals surface area contributed by atoms with Gasteiger partial charge in [-0.3, -0.25) is 19.1 Å². The van der Waals surface area contributed by atoms with Crippen LogP contribution in [0.15, 0.2) is 57.4 Å². The first-order chi connectivity index (χ1) is 13.2. The summed E-state index contributed by atoms with van der Waals surface area (Å²) in [5.74, 6) is 1.35. The van der Waals surface area contributed by atoms with E-state index in [-0.39, 0.29) is 5.92 Å². The van der Waals surface area contributed by atoms with Crippen LogP contribution in [0, 0.1) is 5.92 Å². The largest absolute Gasteiger partial charge is 0.332 e. The van der Waals surface area contributed by atoms with Crippen LogP contribution in [0.1, 0.15) is 22.2 Å². The third kappa shape index (κ3) is 2.96. The van der Waals surface area contributed by atoms with Crippen LogP contribution in [0.3, 0.4) is 0 Å². The minimum atomic E-state index is -0.530. The summed E-state index contributed by atoms with van der Waals surface area (Å²) >= 11 is 1.77. The van der Waals surface area contributed by atoms with Crippen LogP contribution in [-0.4, -0.2) is 32.3 Å². The number of likely N-dealkylation sites (tertiary alicyclic amines) is 1. The van der Waals surface area contributed by atoms with Gasteiger partial charge in [-0.15, -0.1) is 11.3 Å². The van der Waals surface area contributed by atoms with Crippen molar-refractivity contribution >= 4 is 11.3 Å². The summed E-state index contributed by atoms with van der Waals surface area (Å²) in [6, 6.07) is 13.9. The Hall–Kier alpha value is -2.51. The molecule has 4 heterocycles. The van der Waals surface area contributed by atoms with Gasteiger partial charge in [-0.05, 0) is 17.0 Å². The van der Waals surface area contributed by atoms with Gasteiger partial charge in [0, 0.05) is 42.9 Å². The van der Waals surface area contributed by atoms with Gasteiger partial charge in [-0.1, -0.05) is 36.4 Å². The van der Waals surface area contributed by atoms with Crippen molar-refractivity contribution in [3.63, 3.8) is 0 Å². The van der Waals surface area contributed by atoms with Gasteiger partial charge in [0.1, 0.15) is 5.82 Å². The number of aromatic nitrogens is 3. The Bertz CT molecular complexity index is 1070. The standard InChI is InChI=1S/C20H20N4O2S/c25-19-20(26)24(9-14-5-2-1-3-6-14)21-18-17-13-22(10-15(17)11-23(18)19)12-16-7-4-8-27-16/h1-8,15,17H,9-13H2/t15-,17-/m1/s1. The van der Waals surface area contributed by atoms with Crippen molar-refractivity contribution < 1.29 is 0 Å². The molecule has 0 bridgehead atoms. The molecule has 7 heteroatoms. The Labute approximate surface area is 160 Å². The maximum absolute atomic E-state index is 12.6. The molecule has 0 radical (unpaired) electrons. The Kier molecular flexibility index (Phi) is 4.06. The van der Waals surface area contributed by atoms with Gasteiger partial charge in [-0.2, -0.15) is 5.10 Å². The molecule has 0 N–H and O–H groups in total. The summed E-state index contributed by atoms with van der Waals surface area (Å²) in [6.07, 6.45) is 0. The lowest BCUT2D eigenvalue weighted by Gasteiger charge is -2.17. The van der Waals surface area contributed by atoms with Crippen LogP contribution in [0.2, 0.25) is 0 Å². The summed E-state index contributed by atoms with van der Waals surface area (Å²) < 4.78 is 2.95. The number of fused-ring (bicyclic) bond motifs is 3. The van der Waals surface area contributed by atoms with Gasteiger partial charge in [-0.25, -0.2) is 4.68 Å². The van der Waals surface area contributed by atoms with E-state index in [1.54, 1.807) is 15.9 Å². The molecule has 1 saturated heterocycles. The molecule has 1 fully saturated rings.